The van der Waals surface area contributed by atoms with Gasteiger partial charge in [-0.3, -0.25) is 0 Å². The van der Waals surface area contributed by atoms with Crippen molar-refractivity contribution < 1.29 is 24.8 Å². The van der Waals surface area contributed by atoms with Crippen molar-refractivity contribution in [1.29, 1.82) is 0 Å². The minimum absolute atomic E-state index is 0.0598. The molecule has 2 rings (SSSR count). The van der Waals surface area contributed by atoms with Crippen LogP contribution in [0.3, 0.4) is 0 Å². The Morgan fingerprint density at radius 1 is 1.06 bits per heavy atom. The predicted octanol–water partition coefficient (Wildman–Crippen LogP) is -0.496. The maximum Gasteiger partial charge on any atom is 0.228 e. The van der Waals surface area contributed by atoms with E-state index < -0.39 is 24.6 Å². The molecule has 1 aromatic carbocycles. The molecular formula is C11H14O5. The lowest BCUT2D eigenvalue weighted by Crippen LogP contribution is -2.54. The van der Waals surface area contributed by atoms with Gasteiger partial charge in [0.05, 0.1) is 6.61 Å². The van der Waals surface area contributed by atoms with Gasteiger partial charge in [0.15, 0.2) is 0 Å². The zero-order valence-corrected chi connectivity index (χ0v) is 8.56. The Hall–Kier alpha value is -1.14. The topological polar surface area (TPSA) is 79.2 Å². The third-order valence-corrected chi connectivity index (χ3v) is 2.45. The van der Waals surface area contributed by atoms with Crippen LogP contribution in [0.1, 0.15) is 0 Å². The van der Waals surface area contributed by atoms with Crippen LogP contribution in [-0.4, -0.2) is 46.5 Å². The molecule has 0 radical (unpaired) electrons. The standard InChI is InChI=1S/C11H14O5/c12-8-6-15-11(10(14)9(8)13)16-7-4-2-1-3-5-7/h1-5,8-14H,6H2/t8?,9?,10?,11-/m0/s1. The highest BCUT2D eigenvalue weighted by Gasteiger charge is 2.38. The summed E-state index contributed by atoms with van der Waals surface area (Å²) in [4.78, 5) is 0. The lowest BCUT2D eigenvalue weighted by molar-refractivity contribution is -0.242. The number of hydrogen-bond acceptors (Lipinski definition) is 5. The summed E-state index contributed by atoms with van der Waals surface area (Å²) in [6, 6.07) is 8.84. The molecule has 1 saturated heterocycles. The Labute approximate surface area is 92.9 Å². The van der Waals surface area contributed by atoms with Crippen LogP contribution in [0.2, 0.25) is 0 Å². The van der Waals surface area contributed by atoms with E-state index in [0.29, 0.717) is 5.75 Å². The van der Waals surface area contributed by atoms with Crippen molar-refractivity contribution in [2.45, 2.75) is 24.6 Å². The first-order chi connectivity index (χ1) is 7.68. The Bertz CT molecular complexity index is 328. The van der Waals surface area contributed by atoms with Crippen LogP contribution in [0.5, 0.6) is 5.75 Å². The highest BCUT2D eigenvalue weighted by molar-refractivity contribution is 5.21. The summed E-state index contributed by atoms with van der Waals surface area (Å²) < 4.78 is 10.4. The maximum absolute atomic E-state index is 9.61. The van der Waals surface area contributed by atoms with E-state index >= 15 is 0 Å². The summed E-state index contributed by atoms with van der Waals surface area (Å²) in [7, 11) is 0. The number of rotatable bonds is 2. The van der Waals surface area contributed by atoms with Gasteiger partial charge in [0, 0.05) is 0 Å². The van der Waals surface area contributed by atoms with Gasteiger partial charge in [0.25, 0.3) is 0 Å². The fourth-order valence-corrected chi connectivity index (χ4v) is 1.52. The van der Waals surface area contributed by atoms with Gasteiger partial charge >= 0.3 is 0 Å². The van der Waals surface area contributed by atoms with Gasteiger partial charge in [-0.15, -0.1) is 0 Å². The normalized spacial score (nSPS) is 34.7. The van der Waals surface area contributed by atoms with Crippen LogP contribution in [-0.2, 0) is 4.74 Å². The molecule has 16 heavy (non-hydrogen) atoms. The molecular weight excluding hydrogens is 212 g/mol. The van der Waals surface area contributed by atoms with Crippen molar-refractivity contribution in [3.8, 4) is 5.75 Å². The van der Waals surface area contributed by atoms with Crippen LogP contribution in [0.25, 0.3) is 0 Å². The summed E-state index contributed by atoms with van der Waals surface area (Å²) in [5.74, 6) is 0.537. The number of benzene rings is 1. The molecule has 0 bridgehead atoms. The van der Waals surface area contributed by atoms with Gasteiger partial charge in [-0.05, 0) is 12.1 Å². The van der Waals surface area contributed by atoms with Gasteiger partial charge in [-0.2, -0.15) is 0 Å². The van der Waals surface area contributed by atoms with Crippen molar-refractivity contribution >= 4 is 0 Å². The summed E-state index contributed by atoms with van der Waals surface area (Å²) >= 11 is 0. The van der Waals surface area contributed by atoms with E-state index in [4.69, 9.17) is 9.47 Å². The third kappa shape index (κ3) is 2.33. The van der Waals surface area contributed by atoms with Gasteiger partial charge < -0.3 is 24.8 Å². The van der Waals surface area contributed by atoms with Crippen molar-refractivity contribution in [3.63, 3.8) is 0 Å². The van der Waals surface area contributed by atoms with Crippen LogP contribution in [0.4, 0.5) is 0 Å². The van der Waals surface area contributed by atoms with Crippen molar-refractivity contribution in [3.05, 3.63) is 30.3 Å². The molecule has 4 atom stereocenters. The summed E-state index contributed by atoms with van der Waals surface area (Å²) in [5.41, 5.74) is 0. The second-order valence-electron chi connectivity index (χ2n) is 3.68. The molecule has 0 aliphatic carbocycles. The zero-order chi connectivity index (χ0) is 11.5. The second kappa shape index (κ2) is 4.80. The number of ether oxygens (including phenoxy) is 2. The van der Waals surface area contributed by atoms with Crippen LogP contribution >= 0.6 is 0 Å². The maximum atomic E-state index is 9.61. The molecule has 1 aliphatic rings. The molecule has 1 fully saturated rings. The van der Waals surface area contributed by atoms with Gasteiger partial charge in [0.1, 0.15) is 24.1 Å². The van der Waals surface area contributed by atoms with E-state index in [1.807, 2.05) is 6.07 Å². The minimum Gasteiger partial charge on any atom is -0.462 e. The first kappa shape index (κ1) is 11.3. The average Bonchev–Trinajstić information content (AvgIpc) is 2.31. The van der Waals surface area contributed by atoms with Gasteiger partial charge in [-0.1, -0.05) is 18.2 Å². The summed E-state index contributed by atoms with van der Waals surface area (Å²) in [6.45, 7) is -0.0598. The fraction of sp³-hybridized carbons (Fsp3) is 0.455. The first-order valence-corrected chi connectivity index (χ1v) is 5.06. The number of aliphatic hydroxyl groups excluding tert-OH is 3. The highest BCUT2D eigenvalue weighted by Crippen LogP contribution is 2.19. The molecule has 0 saturated carbocycles. The lowest BCUT2D eigenvalue weighted by Gasteiger charge is -2.34. The molecule has 1 aromatic rings. The monoisotopic (exact) mass is 226 g/mol. The largest absolute Gasteiger partial charge is 0.462 e. The molecule has 3 unspecified atom stereocenters. The Kier molecular flexibility index (Phi) is 3.40. The summed E-state index contributed by atoms with van der Waals surface area (Å²) in [5, 5.41) is 28.3. The molecule has 5 nitrogen and oxygen atoms in total. The molecule has 0 spiro atoms. The molecule has 0 amide bonds. The molecule has 0 aromatic heterocycles. The summed E-state index contributed by atoms with van der Waals surface area (Å²) in [6.07, 6.45) is -4.54. The number of hydrogen-bond donors (Lipinski definition) is 3. The Morgan fingerprint density at radius 2 is 1.75 bits per heavy atom. The van der Waals surface area contributed by atoms with E-state index in [2.05, 4.69) is 0 Å². The van der Waals surface area contributed by atoms with Crippen molar-refractivity contribution in [1.82, 2.24) is 0 Å². The molecule has 88 valence electrons. The van der Waals surface area contributed by atoms with Crippen molar-refractivity contribution in [2.75, 3.05) is 6.61 Å². The van der Waals surface area contributed by atoms with E-state index in [9.17, 15) is 15.3 Å². The van der Waals surface area contributed by atoms with E-state index in [1.165, 1.54) is 0 Å². The van der Waals surface area contributed by atoms with Crippen LogP contribution in [0.15, 0.2) is 30.3 Å². The van der Waals surface area contributed by atoms with Gasteiger partial charge in [-0.25, -0.2) is 0 Å². The second-order valence-corrected chi connectivity index (χ2v) is 3.68. The first-order valence-electron chi connectivity index (χ1n) is 5.06. The smallest absolute Gasteiger partial charge is 0.228 e. The number of para-hydroxylation sites is 1. The zero-order valence-electron chi connectivity index (χ0n) is 8.56. The minimum atomic E-state index is -1.26. The SMILES string of the molecule is OC1CO[C@@H](Oc2ccccc2)C(O)C1O. The number of aliphatic hydroxyl groups is 3. The fourth-order valence-electron chi connectivity index (χ4n) is 1.52. The Morgan fingerprint density at radius 3 is 2.44 bits per heavy atom. The van der Waals surface area contributed by atoms with E-state index in [1.54, 1.807) is 24.3 Å². The van der Waals surface area contributed by atoms with Crippen molar-refractivity contribution in [2.24, 2.45) is 0 Å². The molecule has 3 N–H and O–H groups in total. The Balaban J connectivity index is 2.00. The van der Waals surface area contributed by atoms with Gasteiger partial charge in [0.2, 0.25) is 6.29 Å². The molecule has 1 heterocycles. The average molecular weight is 226 g/mol. The third-order valence-electron chi connectivity index (χ3n) is 2.45. The lowest BCUT2D eigenvalue weighted by atomic mass is 10.1. The van der Waals surface area contributed by atoms with Crippen LogP contribution < -0.4 is 4.74 Å². The molecule has 1 aliphatic heterocycles. The highest BCUT2D eigenvalue weighted by atomic mass is 16.7. The quantitative estimate of drug-likeness (QED) is 0.634. The van der Waals surface area contributed by atoms with Crippen LogP contribution in [0, 0.1) is 0 Å². The van der Waals surface area contributed by atoms with E-state index in [0.717, 1.165) is 0 Å². The van der Waals surface area contributed by atoms with E-state index in [-0.39, 0.29) is 6.61 Å². The molecule has 5 heteroatoms. The predicted molar refractivity (Wildman–Crippen MR) is 54.8 cm³/mol.